The van der Waals surface area contributed by atoms with Gasteiger partial charge in [-0.15, -0.1) is 0 Å². The fourth-order valence-electron chi connectivity index (χ4n) is 4.91. The minimum atomic E-state index is -0.857. The molecule has 3 N–H and O–H groups in total. The van der Waals surface area contributed by atoms with Gasteiger partial charge >= 0.3 is 5.97 Å². The van der Waals surface area contributed by atoms with Gasteiger partial charge in [-0.25, -0.2) is 8.78 Å². The standard InChI is InChI=1S/C28H29F2N3O4S/c1-37-21-4-6-26-24(16-21)23(7-9-31-26)27(32-36)5-3-18-8-11-33(17-25(18)28(34)35)10-2-12-38-22-14-19(29)13-20(30)15-22/h4,6-7,9,13-16,18,25,27,32,36H,3,5,8,10-11,17H2,1H3,(H,34,35)/t18-,25+,27+/m1/s1. The third-order valence-corrected chi connectivity index (χ3v) is 7.59. The molecule has 1 aromatic heterocycles. The Balaban J connectivity index is 1.37. The first-order valence-electron chi connectivity index (χ1n) is 12.3. The van der Waals surface area contributed by atoms with E-state index in [-0.39, 0.29) is 5.92 Å². The minimum Gasteiger partial charge on any atom is -0.497 e. The molecule has 200 valence electrons. The molecule has 3 atom stereocenters. The van der Waals surface area contributed by atoms with Gasteiger partial charge in [0, 0.05) is 29.1 Å². The average molecular weight is 542 g/mol. The van der Waals surface area contributed by atoms with Gasteiger partial charge < -0.3 is 15.1 Å². The molecule has 1 aliphatic heterocycles. The summed E-state index contributed by atoms with van der Waals surface area (Å²) in [6.45, 7) is 1.42. The van der Waals surface area contributed by atoms with E-state index in [4.69, 9.17) is 4.74 Å². The average Bonchev–Trinajstić information content (AvgIpc) is 2.91. The molecule has 0 spiro atoms. The van der Waals surface area contributed by atoms with Crippen molar-refractivity contribution in [2.24, 2.45) is 11.8 Å². The molecule has 0 aliphatic carbocycles. The van der Waals surface area contributed by atoms with Crippen LogP contribution in [0.15, 0.2) is 53.6 Å². The number of piperidine rings is 1. The Hall–Kier alpha value is -3.23. The number of nitrogens with zero attached hydrogens (tertiary/aromatic N) is 2. The van der Waals surface area contributed by atoms with Crippen LogP contribution in [0.5, 0.6) is 5.75 Å². The van der Waals surface area contributed by atoms with Crippen LogP contribution in [-0.4, -0.2) is 52.9 Å². The van der Waals surface area contributed by atoms with Crippen molar-refractivity contribution in [1.82, 2.24) is 15.4 Å². The summed E-state index contributed by atoms with van der Waals surface area (Å²) >= 11 is 1.03. The van der Waals surface area contributed by atoms with Gasteiger partial charge in [0.25, 0.3) is 0 Å². The number of rotatable bonds is 9. The third-order valence-electron chi connectivity index (χ3n) is 6.88. The summed E-state index contributed by atoms with van der Waals surface area (Å²) in [5.41, 5.74) is 4.05. The number of benzene rings is 2. The summed E-state index contributed by atoms with van der Waals surface area (Å²) in [7, 11) is 1.59. The number of hydrogen-bond acceptors (Lipinski definition) is 7. The van der Waals surface area contributed by atoms with Crippen LogP contribution < -0.4 is 10.2 Å². The van der Waals surface area contributed by atoms with Crippen molar-refractivity contribution < 1.29 is 28.6 Å². The van der Waals surface area contributed by atoms with Crippen LogP contribution in [0.4, 0.5) is 8.78 Å². The highest BCUT2D eigenvalue weighted by Gasteiger charge is 2.34. The molecule has 0 bridgehead atoms. The van der Waals surface area contributed by atoms with Gasteiger partial charge in [-0.05, 0) is 90.7 Å². The minimum absolute atomic E-state index is 0.0557. The van der Waals surface area contributed by atoms with Gasteiger partial charge in [-0.3, -0.25) is 14.7 Å². The van der Waals surface area contributed by atoms with Gasteiger partial charge in [0.1, 0.15) is 17.4 Å². The van der Waals surface area contributed by atoms with Crippen molar-refractivity contribution >= 4 is 28.6 Å². The molecule has 0 unspecified atom stereocenters. The predicted octanol–water partition coefficient (Wildman–Crippen LogP) is 5.10. The Kier molecular flexibility index (Phi) is 9.53. The second-order valence-electron chi connectivity index (χ2n) is 9.26. The molecule has 2 aromatic carbocycles. The van der Waals surface area contributed by atoms with E-state index in [1.54, 1.807) is 13.3 Å². The normalized spacial score (nSPS) is 18.5. The maximum Gasteiger partial charge on any atom is 0.308 e. The zero-order chi connectivity index (χ0) is 27.1. The van der Waals surface area contributed by atoms with Gasteiger partial charge in [-0.1, -0.05) is 5.92 Å². The number of thioether (sulfide) groups is 1. The number of halogens is 2. The second-order valence-corrected chi connectivity index (χ2v) is 10.1. The highest BCUT2D eigenvalue weighted by atomic mass is 32.2. The second kappa shape index (κ2) is 13.0. The topological polar surface area (TPSA) is 94.9 Å². The van der Waals surface area contributed by atoms with Crippen LogP contribution in [0.1, 0.15) is 30.9 Å². The van der Waals surface area contributed by atoms with Crippen LogP contribution in [-0.2, 0) is 4.79 Å². The lowest BCUT2D eigenvalue weighted by Gasteiger charge is -2.36. The van der Waals surface area contributed by atoms with Crippen LogP contribution in [0.2, 0.25) is 0 Å². The van der Waals surface area contributed by atoms with E-state index in [2.05, 4.69) is 21.6 Å². The Bertz CT molecular complexity index is 1330. The Morgan fingerprint density at radius 3 is 2.76 bits per heavy atom. The fraction of sp³-hybridized carbons (Fsp3) is 0.357. The monoisotopic (exact) mass is 541 g/mol. The summed E-state index contributed by atoms with van der Waals surface area (Å²) in [5.74, 6) is 0.862. The molecule has 0 radical (unpaired) electrons. The third kappa shape index (κ3) is 6.99. The summed E-state index contributed by atoms with van der Waals surface area (Å²) in [4.78, 5) is 18.8. The maximum absolute atomic E-state index is 13.3. The first kappa shape index (κ1) is 27.8. The zero-order valence-electron chi connectivity index (χ0n) is 20.9. The van der Waals surface area contributed by atoms with Crippen LogP contribution >= 0.6 is 11.8 Å². The molecule has 2 heterocycles. The van der Waals surface area contributed by atoms with E-state index in [0.29, 0.717) is 49.5 Å². The molecule has 0 amide bonds. The predicted molar refractivity (Wildman–Crippen MR) is 141 cm³/mol. The highest BCUT2D eigenvalue weighted by Crippen LogP contribution is 2.33. The van der Waals surface area contributed by atoms with E-state index in [1.807, 2.05) is 29.2 Å². The van der Waals surface area contributed by atoms with Crippen LogP contribution in [0, 0.1) is 34.6 Å². The Morgan fingerprint density at radius 1 is 1.26 bits per heavy atom. The number of carbonyl (C=O) groups is 1. The van der Waals surface area contributed by atoms with Crippen molar-refractivity contribution in [3.63, 3.8) is 0 Å². The van der Waals surface area contributed by atoms with E-state index in [0.717, 1.165) is 34.3 Å². The van der Waals surface area contributed by atoms with E-state index >= 15 is 0 Å². The molecule has 1 fully saturated rings. The zero-order valence-corrected chi connectivity index (χ0v) is 21.7. The number of aliphatic carboxylic acids is 1. The SMILES string of the molecule is COc1ccc2nccc([C@H](CC[C@@H]3CCN(CC#CSc4cc(F)cc(F)c4)C[C@@H]3C(=O)O)NO)c2c1. The largest absolute Gasteiger partial charge is 0.497 e. The van der Waals surface area contributed by atoms with Crippen molar-refractivity contribution in [2.75, 3.05) is 26.7 Å². The molecule has 38 heavy (non-hydrogen) atoms. The first-order valence-corrected chi connectivity index (χ1v) is 13.1. The molecular weight excluding hydrogens is 512 g/mol. The van der Waals surface area contributed by atoms with Crippen molar-refractivity contribution in [3.05, 3.63) is 65.9 Å². The lowest BCUT2D eigenvalue weighted by molar-refractivity contribution is -0.146. The number of ether oxygens (including phenoxy) is 1. The van der Waals surface area contributed by atoms with Gasteiger partial charge in [0.2, 0.25) is 0 Å². The van der Waals surface area contributed by atoms with Crippen LogP contribution in [0.3, 0.4) is 0 Å². The number of methoxy groups -OCH3 is 1. The number of hydrogen-bond donors (Lipinski definition) is 3. The lowest BCUT2D eigenvalue weighted by atomic mass is 9.81. The number of carboxylic acids is 1. The quantitative estimate of drug-likeness (QED) is 0.196. The lowest BCUT2D eigenvalue weighted by Crippen LogP contribution is -2.44. The van der Waals surface area contributed by atoms with E-state index in [1.165, 1.54) is 12.1 Å². The Morgan fingerprint density at radius 2 is 2.05 bits per heavy atom. The molecule has 0 saturated carbocycles. The van der Waals surface area contributed by atoms with Gasteiger partial charge in [0.05, 0.1) is 31.1 Å². The van der Waals surface area contributed by atoms with E-state index in [9.17, 15) is 23.9 Å². The fourth-order valence-corrected chi connectivity index (χ4v) is 5.51. The summed E-state index contributed by atoms with van der Waals surface area (Å²) < 4.78 is 32.0. The van der Waals surface area contributed by atoms with Crippen molar-refractivity contribution in [1.29, 1.82) is 0 Å². The van der Waals surface area contributed by atoms with Gasteiger partial charge in [0.15, 0.2) is 0 Å². The summed E-state index contributed by atoms with van der Waals surface area (Å²) in [6, 6.07) is 10.3. The first-order chi connectivity index (χ1) is 18.4. The number of fused-ring (bicyclic) bond motifs is 1. The van der Waals surface area contributed by atoms with Crippen molar-refractivity contribution in [2.45, 2.75) is 30.2 Å². The molecule has 10 heteroatoms. The van der Waals surface area contributed by atoms with Crippen LogP contribution in [0.25, 0.3) is 10.9 Å². The number of pyridine rings is 1. The smallest absolute Gasteiger partial charge is 0.308 e. The Labute approximate surface area is 224 Å². The number of nitrogens with one attached hydrogen (secondary N) is 1. The molecule has 7 nitrogen and oxygen atoms in total. The molecule has 1 aliphatic rings. The number of aromatic nitrogens is 1. The molecule has 4 rings (SSSR count). The maximum atomic E-state index is 13.3. The molecule has 1 saturated heterocycles. The highest BCUT2D eigenvalue weighted by molar-refractivity contribution is 8.03. The number of likely N-dealkylation sites (tertiary alicyclic amines) is 1. The van der Waals surface area contributed by atoms with Gasteiger partial charge in [-0.2, -0.15) is 5.48 Å². The summed E-state index contributed by atoms with van der Waals surface area (Å²) in [5, 5.41) is 23.6. The number of hydroxylamine groups is 1. The molecule has 3 aromatic rings. The van der Waals surface area contributed by atoms with E-state index < -0.39 is 29.6 Å². The number of carboxylic acid groups (broad SMARTS) is 1. The van der Waals surface area contributed by atoms with Crippen molar-refractivity contribution in [3.8, 4) is 16.9 Å². The summed E-state index contributed by atoms with van der Waals surface area (Å²) in [6.07, 6.45) is 3.53. The molecular formula is C28H29F2N3O4S.